The van der Waals surface area contributed by atoms with Crippen molar-refractivity contribution in [1.82, 2.24) is 0 Å². The van der Waals surface area contributed by atoms with E-state index in [4.69, 9.17) is 32.3 Å². The number of aliphatic hydroxyl groups is 2. The fraction of sp³-hybridized carbons (Fsp3) is 0.725. The maximum absolute atomic E-state index is 12.8. The highest BCUT2D eigenvalue weighted by Gasteiger charge is 2.29. The van der Waals surface area contributed by atoms with E-state index in [0.717, 1.165) is 141 Å². The standard InChI is InChI=1S/C69H120O16P2/c1-4-7-10-13-16-19-22-24-26-27-28-29-30-31-32-33-34-35-37-39-41-43-46-49-52-55-67(72)79-58-64(70)59-81-86(75,76)82-60-65(71)61-83-87(77,78)84-63-66(85-69(74)57-54-51-48-45-40-21-18-15-12-9-6-3)62-80-68(73)56-53-50-47-44-42-38-36-25-23-20-17-14-11-8-5-2/h7-8,10-11,16-17,19-20,24-26,28-29,31-32,36,64-66,70-71H,4-6,9,12-15,18,21-23,27,30,33-35,37-63H2,1-3H3,(H,75,76)(H,77,78)/b10-7-,11-8-,19-16-,20-17-,26-24-,29-28-,32-31-,36-25-. The molecule has 0 aliphatic rings. The van der Waals surface area contributed by atoms with Crippen molar-refractivity contribution < 1.29 is 75.8 Å². The van der Waals surface area contributed by atoms with Gasteiger partial charge in [-0.1, -0.05) is 246 Å². The number of hydrogen-bond donors (Lipinski definition) is 4. The third kappa shape index (κ3) is 63.8. The number of allylic oxidation sites excluding steroid dienone is 16. The van der Waals surface area contributed by atoms with Gasteiger partial charge in [-0.3, -0.25) is 32.5 Å². The van der Waals surface area contributed by atoms with Gasteiger partial charge in [0.25, 0.3) is 0 Å². The third-order valence-corrected chi connectivity index (χ3v) is 15.7. The van der Waals surface area contributed by atoms with Gasteiger partial charge in [0.05, 0.1) is 26.4 Å². The molecular weight excluding hydrogens is 1150 g/mol. The predicted octanol–water partition coefficient (Wildman–Crippen LogP) is 18.3. The van der Waals surface area contributed by atoms with Crippen molar-refractivity contribution in [3.8, 4) is 0 Å². The number of rotatable bonds is 63. The molecule has 0 aliphatic carbocycles. The van der Waals surface area contributed by atoms with Crippen LogP contribution in [0, 0.1) is 0 Å². The monoisotopic (exact) mass is 1270 g/mol. The van der Waals surface area contributed by atoms with Crippen LogP contribution in [0.2, 0.25) is 0 Å². The Morgan fingerprint density at radius 3 is 0.966 bits per heavy atom. The van der Waals surface area contributed by atoms with E-state index >= 15 is 0 Å². The minimum Gasteiger partial charge on any atom is -0.463 e. The van der Waals surface area contributed by atoms with Gasteiger partial charge in [-0.05, 0) is 96.3 Å². The van der Waals surface area contributed by atoms with Crippen LogP contribution in [0.4, 0.5) is 0 Å². The number of carbonyl (C=O) groups excluding carboxylic acids is 3. The topological polar surface area (TPSA) is 231 Å². The zero-order valence-corrected chi connectivity index (χ0v) is 56.0. The first-order valence-electron chi connectivity index (χ1n) is 33.5. The zero-order chi connectivity index (χ0) is 63.8. The summed E-state index contributed by atoms with van der Waals surface area (Å²) in [6, 6.07) is 0. The van der Waals surface area contributed by atoms with E-state index in [1.807, 2.05) is 0 Å². The van der Waals surface area contributed by atoms with Crippen molar-refractivity contribution in [2.24, 2.45) is 0 Å². The van der Waals surface area contributed by atoms with Crippen molar-refractivity contribution in [1.29, 1.82) is 0 Å². The lowest BCUT2D eigenvalue weighted by molar-refractivity contribution is -0.161. The minimum atomic E-state index is -4.92. The van der Waals surface area contributed by atoms with Crippen molar-refractivity contribution in [2.45, 2.75) is 283 Å². The highest BCUT2D eigenvalue weighted by molar-refractivity contribution is 7.47. The summed E-state index contributed by atoms with van der Waals surface area (Å²) in [5.41, 5.74) is 0. The maximum Gasteiger partial charge on any atom is 0.472 e. The van der Waals surface area contributed by atoms with Gasteiger partial charge < -0.3 is 34.2 Å². The lowest BCUT2D eigenvalue weighted by Crippen LogP contribution is -2.30. The molecule has 0 bridgehead atoms. The number of aliphatic hydroxyl groups excluding tert-OH is 2. The molecule has 16 nitrogen and oxygen atoms in total. The molecule has 87 heavy (non-hydrogen) atoms. The molecule has 0 heterocycles. The van der Waals surface area contributed by atoms with Crippen LogP contribution in [-0.4, -0.2) is 95.9 Å². The fourth-order valence-corrected chi connectivity index (χ4v) is 10.3. The Morgan fingerprint density at radius 2 is 0.609 bits per heavy atom. The van der Waals surface area contributed by atoms with E-state index in [1.165, 1.54) is 64.2 Å². The van der Waals surface area contributed by atoms with Gasteiger partial charge in [-0.2, -0.15) is 0 Å². The molecule has 5 atom stereocenters. The summed E-state index contributed by atoms with van der Waals surface area (Å²) in [5, 5.41) is 20.5. The van der Waals surface area contributed by atoms with E-state index in [9.17, 15) is 43.5 Å². The average Bonchev–Trinajstić information content (AvgIpc) is 3.56. The van der Waals surface area contributed by atoms with Gasteiger partial charge in [0.15, 0.2) is 6.10 Å². The normalized spacial score (nSPS) is 14.9. The van der Waals surface area contributed by atoms with Crippen molar-refractivity contribution in [3.05, 3.63) is 97.2 Å². The summed E-state index contributed by atoms with van der Waals surface area (Å²) >= 11 is 0. The van der Waals surface area contributed by atoms with Crippen molar-refractivity contribution >= 4 is 33.6 Å². The molecule has 502 valence electrons. The smallest absolute Gasteiger partial charge is 0.463 e. The minimum absolute atomic E-state index is 0.103. The molecule has 4 N–H and O–H groups in total. The van der Waals surface area contributed by atoms with Gasteiger partial charge in [-0.25, -0.2) is 9.13 Å². The summed E-state index contributed by atoms with van der Waals surface area (Å²) in [6.07, 6.45) is 67.6. The maximum atomic E-state index is 12.8. The van der Waals surface area contributed by atoms with Crippen LogP contribution in [-0.2, 0) is 55.8 Å². The van der Waals surface area contributed by atoms with Crippen LogP contribution in [0.15, 0.2) is 97.2 Å². The Bertz CT molecular complexity index is 1980. The predicted molar refractivity (Wildman–Crippen MR) is 353 cm³/mol. The number of phosphoric ester groups is 2. The van der Waals surface area contributed by atoms with Crippen LogP contribution < -0.4 is 0 Å². The molecule has 0 spiro atoms. The van der Waals surface area contributed by atoms with Gasteiger partial charge >= 0.3 is 33.6 Å². The molecule has 18 heteroatoms. The quantitative estimate of drug-likeness (QED) is 0.0146. The molecule has 0 saturated heterocycles. The van der Waals surface area contributed by atoms with Crippen molar-refractivity contribution in [3.63, 3.8) is 0 Å². The van der Waals surface area contributed by atoms with E-state index in [2.05, 4.69) is 118 Å². The number of hydrogen-bond acceptors (Lipinski definition) is 14. The second-order valence-electron chi connectivity index (χ2n) is 22.2. The molecule has 5 unspecified atom stereocenters. The number of phosphoric acid groups is 2. The molecule has 0 amide bonds. The average molecular weight is 1270 g/mol. The largest absolute Gasteiger partial charge is 0.472 e. The molecule has 0 rings (SSSR count). The van der Waals surface area contributed by atoms with Crippen LogP contribution in [0.5, 0.6) is 0 Å². The van der Waals surface area contributed by atoms with Gasteiger partial charge in [0, 0.05) is 19.3 Å². The summed E-state index contributed by atoms with van der Waals surface area (Å²) in [6.45, 7) is 2.40. The van der Waals surface area contributed by atoms with E-state index < -0.39 is 91.5 Å². The van der Waals surface area contributed by atoms with E-state index in [1.54, 1.807) is 0 Å². The summed E-state index contributed by atoms with van der Waals surface area (Å²) in [5.74, 6) is -1.60. The van der Waals surface area contributed by atoms with Gasteiger partial charge in [0.1, 0.15) is 25.4 Å². The molecule has 0 fully saturated rings. The highest BCUT2D eigenvalue weighted by Crippen LogP contribution is 2.45. The van der Waals surface area contributed by atoms with Gasteiger partial charge in [-0.15, -0.1) is 0 Å². The van der Waals surface area contributed by atoms with E-state index in [0.29, 0.717) is 19.3 Å². The Labute approximate surface area is 527 Å². The number of ether oxygens (including phenoxy) is 3. The fourth-order valence-electron chi connectivity index (χ4n) is 8.73. The number of carbonyl (C=O) groups is 3. The Kier molecular flexibility index (Phi) is 60.1. The first-order chi connectivity index (χ1) is 42.2. The third-order valence-electron chi connectivity index (χ3n) is 13.8. The Morgan fingerprint density at radius 1 is 0.333 bits per heavy atom. The Balaban J connectivity index is 4.50. The van der Waals surface area contributed by atoms with E-state index in [-0.39, 0.29) is 19.3 Å². The van der Waals surface area contributed by atoms with Gasteiger partial charge in [0.2, 0.25) is 0 Å². The number of esters is 3. The highest BCUT2D eigenvalue weighted by atomic mass is 31.2. The van der Waals surface area contributed by atoms with Crippen LogP contribution in [0.25, 0.3) is 0 Å². The SMILES string of the molecule is CC/C=C\C/C=C\C/C=C\C/C=C\C/C=C\CCCCCCCCCCCC(=O)OCC(O)COP(=O)(O)OCC(O)COP(=O)(O)OCC(COC(=O)CCCCCCC/C=C\C/C=C\C/C=C\CC)OC(=O)CCCCCCCCCCCCC. The number of unbranched alkanes of at least 4 members (excludes halogenated alkanes) is 24. The molecular formula is C69H120O16P2. The van der Waals surface area contributed by atoms with Crippen molar-refractivity contribution in [2.75, 3.05) is 39.6 Å². The first-order valence-corrected chi connectivity index (χ1v) is 36.5. The second-order valence-corrected chi connectivity index (χ2v) is 25.1. The summed E-state index contributed by atoms with van der Waals surface area (Å²) in [7, 11) is -9.77. The van der Waals surface area contributed by atoms with Crippen LogP contribution in [0.1, 0.15) is 265 Å². The first kappa shape index (κ1) is 83.5. The second kappa shape index (κ2) is 62.7. The lowest BCUT2D eigenvalue weighted by atomic mass is 10.1. The molecule has 0 aromatic heterocycles. The molecule has 0 radical (unpaired) electrons. The van der Waals surface area contributed by atoms with Crippen LogP contribution >= 0.6 is 15.6 Å². The van der Waals surface area contributed by atoms with Crippen LogP contribution in [0.3, 0.4) is 0 Å². The summed E-state index contributed by atoms with van der Waals surface area (Å²) in [4.78, 5) is 58.2. The molecule has 0 aromatic carbocycles. The molecule has 0 aromatic rings. The molecule has 0 saturated carbocycles. The zero-order valence-electron chi connectivity index (χ0n) is 54.2. The lowest BCUT2D eigenvalue weighted by Gasteiger charge is -2.21. The summed E-state index contributed by atoms with van der Waals surface area (Å²) < 4.78 is 60.7. The Hall–Kier alpha value is -3.53. The molecule has 0 aliphatic heterocycles.